The summed E-state index contributed by atoms with van der Waals surface area (Å²) in [6, 6.07) is 5.57. The Balaban J connectivity index is 1.90. The molecule has 1 aliphatic heterocycles. The van der Waals surface area contributed by atoms with E-state index in [1.807, 2.05) is 0 Å². The number of nitrogens with zero attached hydrogens (tertiary/aromatic N) is 4. The lowest BCUT2D eigenvalue weighted by Gasteiger charge is -2.36. The fraction of sp³-hybridized carbons (Fsp3) is 0.538. The molecule has 0 amide bonds. The summed E-state index contributed by atoms with van der Waals surface area (Å²) in [5.41, 5.74) is 1.12. The molecule has 21 heavy (non-hydrogen) atoms. The summed E-state index contributed by atoms with van der Waals surface area (Å²) in [6.45, 7) is 6.84. The van der Waals surface area contributed by atoms with E-state index in [9.17, 15) is 8.42 Å². The Morgan fingerprint density at radius 1 is 1.14 bits per heavy atom. The van der Waals surface area contributed by atoms with Gasteiger partial charge in [0.1, 0.15) is 15.9 Å². The summed E-state index contributed by atoms with van der Waals surface area (Å²) in [5.74, 6) is 0. The van der Waals surface area contributed by atoms with Crippen LogP contribution in [0, 0.1) is 0 Å². The van der Waals surface area contributed by atoms with Gasteiger partial charge in [0, 0.05) is 32.2 Å². The van der Waals surface area contributed by atoms with Crippen molar-refractivity contribution in [3.63, 3.8) is 0 Å². The summed E-state index contributed by atoms with van der Waals surface area (Å²) >= 11 is 1.04. The predicted octanol–water partition coefficient (Wildman–Crippen LogP) is 1.41. The van der Waals surface area contributed by atoms with E-state index in [1.165, 1.54) is 0 Å². The van der Waals surface area contributed by atoms with Crippen LogP contribution in [0.2, 0.25) is 0 Å². The first-order valence-electron chi connectivity index (χ1n) is 6.95. The fourth-order valence-electron chi connectivity index (χ4n) is 2.59. The first kappa shape index (κ1) is 14.8. The van der Waals surface area contributed by atoms with Crippen molar-refractivity contribution in [2.24, 2.45) is 0 Å². The summed E-state index contributed by atoms with van der Waals surface area (Å²) in [5, 5.41) is 0. The molecule has 0 N–H and O–H groups in total. The molecule has 1 aromatic carbocycles. The zero-order valence-electron chi connectivity index (χ0n) is 12.1. The van der Waals surface area contributed by atoms with Crippen LogP contribution >= 0.6 is 11.7 Å². The third-order valence-electron chi connectivity index (χ3n) is 3.87. The standard InChI is InChI=1S/C13H18N4O2S2/c1-10(2)16-6-8-17(9-7-16)21(18,19)12-5-3-4-11-13(12)15-20-14-11/h3-5,10H,6-9H2,1-2H3. The van der Waals surface area contributed by atoms with Crippen molar-refractivity contribution >= 4 is 32.8 Å². The van der Waals surface area contributed by atoms with E-state index >= 15 is 0 Å². The number of benzene rings is 1. The number of hydrogen-bond acceptors (Lipinski definition) is 6. The van der Waals surface area contributed by atoms with Crippen LogP contribution in [0.4, 0.5) is 0 Å². The molecule has 6 nitrogen and oxygen atoms in total. The minimum atomic E-state index is -3.50. The van der Waals surface area contributed by atoms with Gasteiger partial charge in [0.15, 0.2) is 0 Å². The zero-order chi connectivity index (χ0) is 15.0. The lowest BCUT2D eigenvalue weighted by molar-refractivity contribution is 0.154. The van der Waals surface area contributed by atoms with E-state index in [0.29, 0.717) is 30.2 Å². The number of hydrogen-bond donors (Lipinski definition) is 0. The van der Waals surface area contributed by atoms with E-state index in [-0.39, 0.29) is 4.90 Å². The summed E-state index contributed by atoms with van der Waals surface area (Å²) in [7, 11) is -3.50. The molecule has 8 heteroatoms. The van der Waals surface area contributed by atoms with Crippen LogP contribution in [-0.2, 0) is 10.0 Å². The molecule has 2 aromatic rings. The number of fused-ring (bicyclic) bond motifs is 1. The molecule has 3 rings (SSSR count). The van der Waals surface area contributed by atoms with E-state index in [2.05, 4.69) is 27.5 Å². The lowest BCUT2D eigenvalue weighted by atomic mass is 10.3. The zero-order valence-corrected chi connectivity index (χ0v) is 13.7. The summed E-state index contributed by atoms with van der Waals surface area (Å²) in [6.07, 6.45) is 0. The average molecular weight is 326 g/mol. The molecule has 0 bridgehead atoms. The lowest BCUT2D eigenvalue weighted by Crippen LogP contribution is -2.50. The van der Waals surface area contributed by atoms with Crippen molar-refractivity contribution in [3.8, 4) is 0 Å². The molecule has 1 aromatic heterocycles. The van der Waals surface area contributed by atoms with Crippen LogP contribution in [0.1, 0.15) is 13.8 Å². The molecule has 0 radical (unpaired) electrons. The molecular weight excluding hydrogens is 308 g/mol. The number of sulfonamides is 1. The van der Waals surface area contributed by atoms with Crippen LogP contribution in [0.25, 0.3) is 11.0 Å². The first-order valence-corrected chi connectivity index (χ1v) is 9.12. The van der Waals surface area contributed by atoms with Crippen LogP contribution < -0.4 is 0 Å². The van der Waals surface area contributed by atoms with Gasteiger partial charge < -0.3 is 0 Å². The van der Waals surface area contributed by atoms with Gasteiger partial charge in [0.25, 0.3) is 0 Å². The third kappa shape index (κ3) is 2.68. The van der Waals surface area contributed by atoms with Crippen molar-refractivity contribution in [2.45, 2.75) is 24.8 Å². The molecule has 0 saturated carbocycles. The Kier molecular flexibility index (Phi) is 3.96. The number of rotatable bonds is 3. The molecule has 0 unspecified atom stereocenters. The minimum Gasteiger partial charge on any atom is -0.298 e. The Morgan fingerprint density at radius 3 is 2.52 bits per heavy atom. The molecular formula is C13H18N4O2S2. The molecule has 2 heterocycles. The molecule has 0 atom stereocenters. The van der Waals surface area contributed by atoms with Crippen molar-refractivity contribution in [1.29, 1.82) is 0 Å². The average Bonchev–Trinajstić information content (AvgIpc) is 2.95. The quantitative estimate of drug-likeness (QED) is 0.853. The van der Waals surface area contributed by atoms with Crippen molar-refractivity contribution < 1.29 is 8.42 Å². The maximum atomic E-state index is 12.8. The number of piperazine rings is 1. The van der Waals surface area contributed by atoms with Crippen LogP contribution in [0.3, 0.4) is 0 Å². The van der Waals surface area contributed by atoms with Crippen molar-refractivity contribution in [3.05, 3.63) is 18.2 Å². The molecule has 0 aliphatic carbocycles. The number of aromatic nitrogens is 2. The Bertz CT molecular complexity index is 733. The smallest absolute Gasteiger partial charge is 0.245 e. The molecule has 1 fully saturated rings. The predicted molar refractivity (Wildman–Crippen MR) is 82.9 cm³/mol. The SMILES string of the molecule is CC(C)N1CCN(S(=O)(=O)c2cccc3nsnc23)CC1. The fourth-order valence-corrected chi connectivity index (χ4v) is 4.76. The summed E-state index contributed by atoms with van der Waals surface area (Å²) in [4.78, 5) is 2.56. The maximum absolute atomic E-state index is 12.8. The minimum absolute atomic E-state index is 0.270. The maximum Gasteiger partial charge on any atom is 0.245 e. The monoisotopic (exact) mass is 326 g/mol. The third-order valence-corrected chi connectivity index (χ3v) is 6.34. The Hall–Kier alpha value is -1.09. The van der Waals surface area contributed by atoms with Gasteiger partial charge in [-0.3, -0.25) is 4.90 Å². The van der Waals surface area contributed by atoms with Gasteiger partial charge in [-0.05, 0) is 26.0 Å². The second kappa shape index (κ2) is 5.60. The van der Waals surface area contributed by atoms with Crippen molar-refractivity contribution in [1.82, 2.24) is 18.0 Å². The highest BCUT2D eigenvalue weighted by molar-refractivity contribution is 7.89. The van der Waals surface area contributed by atoms with Crippen molar-refractivity contribution in [2.75, 3.05) is 26.2 Å². The highest BCUT2D eigenvalue weighted by atomic mass is 32.2. The van der Waals surface area contributed by atoms with Gasteiger partial charge in [0.2, 0.25) is 10.0 Å². The molecule has 0 spiro atoms. The normalized spacial score (nSPS) is 18.6. The van der Waals surface area contributed by atoms with Gasteiger partial charge in [0.05, 0.1) is 11.7 Å². The highest BCUT2D eigenvalue weighted by Gasteiger charge is 2.31. The second-order valence-electron chi connectivity index (χ2n) is 5.42. The van der Waals surface area contributed by atoms with E-state index in [4.69, 9.17) is 0 Å². The van der Waals surface area contributed by atoms with Gasteiger partial charge in [-0.2, -0.15) is 13.1 Å². The van der Waals surface area contributed by atoms with E-state index < -0.39 is 10.0 Å². The summed E-state index contributed by atoms with van der Waals surface area (Å²) < 4.78 is 35.4. The van der Waals surface area contributed by atoms with Gasteiger partial charge in [-0.1, -0.05) is 6.07 Å². The van der Waals surface area contributed by atoms with Crippen LogP contribution in [0.5, 0.6) is 0 Å². The van der Waals surface area contributed by atoms with E-state index in [1.54, 1.807) is 22.5 Å². The molecule has 114 valence electrons. The largest absolute Gasteiger partial charge is 0.298 e. The first-order chi connectivity index (χ1) is 10.00. The van der Waals surface area contributed by atoms with Gasteiger partial charge >= 0.3 is 0 Å². The Morgan fingerprint density at radius 2 is 1.86 bits per heavy atom. The topological polar surface area (TPSA) is 66.4 Å². The Labute approximate surface area is 128 Å². The molecule has 1 aliphatic rings. The highest BCUT2D eigenvalue weighted by Crippen LogP contribution is 2.25. The van der Waals surface area contributed by atoms with Gasteiger partial charge in [-0.25, -0.2) is 8.42 Å². The molecule has 1 saturated heterocycles. The van der Waals surface area contributed by atoms with Crippen LogP contribution in [-0.4, -0.2) is 58.6 Å². The second-order valence-corrected chi connectivity index (χ2v) is 7.86. The van der Waals surface area contributed by atoms with Crippen LogP contribution in [0.15, 0.2) is 23.1 Å². The van der Waals surface area contributed by atoms with Gasteiger partial charge in [-0.15, -0.1) is 0 Å². The van der Waals surface area contributed by atoms with E-state index in [0.717, 1.165) is 24.8 Å².